The number of hydrogen-bond acceptors (Lipinski definition) is 3. The van der Waals surface area contributed by atoms with Crippen molar-refractivity contribution in [1.29, 1.82) is 0 Å². The van der Waals surface area contributed by atoms with Crippen LogP contribution in [0.1, 0.15) is 31.5 Å². The lowest BCUT2D eigenvalue weighted by molar-refractivity contribution is 0.376. The van der Waals surface area contributed by atoms with Crippen LogP contribution in [0.2, 0.25) is 0 Å². The molecule has 1 heterocycles. The van der Waals surface area contributed by atoms with Gasteiger partial charge in [0.2, 0.25) is 0 Å². The van der Waals surface area contributed by atoms with Crippen LogP contribution in [0.15, 0.2) is 12.4 Å². The molecule has 1 aromatic rings. The molecule has 0 amide bonds. The Balaban J connectivity index is 1.69. The molecule has 0 unspecified atom stereocenters. The first-order valence-electron chi connectivity index (χ1n) is 5.63. The van der Waals surface area contributed by atoms with Crippen LogP contribution < -0.4 is 5.32 Å². The first kappa shape index (κ1) is 11.0. The highest BCUT2D eigenvalue weighted by atomic mass is 32.2. The topological polar surface area (TPSA) is 40.7 Å². The minimum atomic E-state index is 0.693. The van der Waals surface area contributed by atoms with E-state index in [2.05, 4.69) is 21.5 Å². The third-order valence-corrected chi connectivity index (χ3v) is 4.26. The van der Waals surface area contributed by atoms with Crippen LogP contribution >= 0.6 is 11.8 Å². The second kappa shape index (κ2) is 5.56. The normalized spacial score (nSPS) is 26.7. The van der Waals surface area contributed by atoms with E-state index in [0.29, 0.717) is 6.04 Å². The molecule has 1 aliphatic rings. The molecule has 0 aliphatic heterocycles. The third-order valence-electron chi connectivity index (χ3n) is 3.12. The summed E-state index contributed by atoms with van der Waals surface area (Å²) in [5, 5.41) is 4.46. The molecule has 0 bridgehead atoms. The summed E-state index contributed by atoms with van der Waals surface area (Å²) in [5.74, 6) is 1.04. The molecule has 15 heavy (non-hydrogen) atoms. The summed E-state index contributed by atoms with van der Waals surface area (Å²) < 4.78 is 0. The largest absolute Gasteiger partial charge is 0.348 e. The summed E-state index contributed by atoms with van der Waals surface area (Å²) in [6, 6.07) is 0.693. The highest BCUT2D eigenvalue weighted by Gasteiger charge is 2.19. The predicted octanol–water partition coefficient (Wildman–Crippen LogP) is 2.17. The molecule has 0 radical (unpaired) electrons. The molecule has 0 spiro atoms. The van der Waals surface area contributed by atoms with E-state index in [4.69, 9.17) is 0 Å². The van der Waals surface area contributed by atoms with Crippen LogP contribution in [0.3, 0.4) is 0 Å². The van der Waals surface area contributed by atoms with Crippen molar-refractivity contribution in [1.82, 2.24) is 15.3 Å². The van der Waals surface area contributed by atoms with Gasteiger partial charge in [0.15, 0.2) is 0 Å². The second-order valence-corrected chi connectivity index (χ2v) is 5.26. The van der Waals surface area contributed by atoms with Crippen LogP contribution in [0.4, 0.5) is 0 Å². The number of aromatic nitrogens is 2. The van der Waals surface area contributed by atoms with E-state index in [0.717, 1.165) is 17.6 Å². The fraction of sp³-hybridized carbons (Fsp3) is 0.727. The molecule has 1 aliphatic carbocycles. The zero-order chi connectivity index (χ0) is 10.5. The van der Waals surface area contributed by atoms with Crippen molar-refractivity contribution in [2.75, 3.05) is 6.26 Å². The van der Waals surface area contributed by atoms with Gasteiger partial charge >= 0.3 is 0 Å². The molecule has 1 aromatic heterocycles. The van der Waals surface area contributed by atoms with Gasteiger partial charge in [0.25, 0.3) is 0 Å². The monoisotopic (exact) mass is 225 g/mol. The van der Waals surface area contributed by atoms with E-state index >= 15 is 0 Å². The molecule has 0 atom stereocenters. The fourth-order valence-corrected chi connectivity index (χ4v) is 2.88. The zero-order valence-corrected chi connectivity index (χ0v) is 10.0. The number of imidazole rings is 1. The fourth-order valence-electron chi connectivity index (χ4n) is 2.14. The number of hydrogen-bond donors (Lipinski definition) is 2. The Morgan fingerprint density at radius 1 is 1.47 bits per heavy atom. The lowest BCUT2D eigenvalue weighted by Gasteiger charge is -2.27. The number of rotatable bonds is 4. The molecule has 2 rings (SSSR count). The smallest absolute Gasteiger partial charge is 0.120 e. The predicted molar refractivity (Wildman–Crippen MR) is 65.0 cm³/mol. The molecular weight excluding hydrogens is 206 g/mol. The van der Waals surface area contributed by atoms with Crippen LogP contribution in [0.25, 0.3) is 0 Å². The Labute approximate surface area is 95.4 Å². The average Bonchev–Trinajstić information content (AvgIpc) is 2.80. The molecule has 1 fully saturated rings. The van der Waals surface area contributed by atoms with Gasteiger partial charge in [-0.3, -0.25) is 0 Å². The number of H-pyrrole nitrogens is 1. The van der Waals surface area contributed by atoms with Gasteiger partial charge in [-0.15, -0.1) is 0 Å². The van der Waals surface area contributed by atoms with Crippen molar-refractivity contribution in [3.8, 4) is 0 Å². The molecule has 2 N–H and O–H groups in total. The van der Waals surface area contributed by atoms with Crippen LogP contribution in [0.5, 0.6) is 0 Å². The maximum Gasteiger partial charge on any atom is 0.120 e. The minimum Gasteiger partial charge on any atom is -0.348 e. The van der Waals surface area contributed by atoms with E-state index < -0.39 is 0 Å². The Morgan fingerprint density at radius 3 is 2.87 bits per heavy atom. The van der Waals surface area contributed by atoms with Crippen molar-refractivity contribution < 1.29 is 0 Å². The van der Waals surface area contributed by atoms with Gasteiger partial charge in [-0.1, -0.05) is 0 Å². The highest BCUT2D eigenvalue weighted by molar-refractivity contribution is 7.99. The van der Waals surface area contributed by atoms with Gasteiger partial charge in [-0.25, -0.2) is 4.98 Å². The van der Waals surface area contributed by atoms with Crippen molar-refractivity contribution >= 4 is 11.8 Å². The van der Waals surface area contributed by atoms with Crippen molar-refractivity contribution in [3.05, 3.63) is 18.2 Å². The van der Waals surface area contributed by atoms with Gasteiger partial charge < -0.3 is 10.3 Å². The van der Waals surface area contributed by atoms with E-state index in [-0.39, 0.29) is 0 Å². The van der Waals surface area contributed by atoms with Crippen LogP contribution in [-0.4, -0.2) is 27.5 Å². The summed E-state index contributed by atoms with van der Waals surface area (Å²) in [6.45, 7) is 0.877. The summed E-state index contributed by atoms with van der Waals surface area (Å²) in [5.41, 5.74) is 0. The van der Waals surface area contributed by atoms with Crippen LogP contribution in [-0.2, 0) is 6.54 Å². The summed E-state index contributed by atoms with van der Waals surface area (Å²) in [4.78, 5) is 7.33. The SMILES string of the molecule is CSC1CCC(NCc2ncc[nH]2)CC1. The molecule has 4 heteroatoms. The Kier molecular flexibility index (Phi) is 4.09. The van der Waals surface area contributed by atoms with Crippen molar-refractivity contribution in [3.63, 3.8) is 0 Å². The Bertz CT molecular complexity index is 265. The third kappa shape index (κ3) is 3.24. The molecule has 0 saturated heterocycles. The molecule has 84 valence electrons. The number of nitrogens with one attached hydrogen (secondary N) is 2. The number of thioether (sulfide) groups is 1. The summed E-state index contributed by atoms with van der Waals surface area (Å²) in [6.07, 6.45) is 11.2. The Morgan fingerprint density at radius 2 is 2.27 bits per heavy atom. The summed E-state index contributed by atoms with van der Waals surface area (Å²) in [7, 11) is 0. The Hall–Kier alpha value is -0.480. The van der Waals surface area contributed by atoms with Gasteiger partial charge in [-0.05, 0) is 31.9 Å². The minimum absolute atomic E-state index is 0.693. The van der Waals surface area contributed by atoms with E-state index in [1.807, 2.05) is 24.2 Å². The highest BCUT2D eigenvalue weighted by Crippen LogP contribution is 2.26. The molecule has 1 saturated carbocycles. The maximum atomic E-state index is 4.21. The second-order valence-electron chi connectivity index (χ2n) is 4.13. The lowest BCUT2D eigenvalue weighted by atomic mass is 9.95. The molecular formula is C11H19N3S. The maximum absolute atomic E-state index is 4.21. The van der Waals surface area contributed by atoms with Gasteiger partial charge in [0.1, 0.15) is 5.82 Å². The molecule has 3 nitrogen and oxygen atoms in total. The van der Waals surface area contributed by atoms with E-state index in [1.165, 1.54) is 25.7 Å². The first-order chi connectivity index (χ1) is 7.38. The summed E-state index contributed by atoms with van der Waals surface area (Å²) >= 11 is 2.02. The van der Waals surface area contributed by atoms with E-state index in [9.17, 15) is 0 Å². The van der Waals surface area contributed by atoms with Gasteiger partial charge in [0, 0.05) is 23.7 Å². The first-order valence-corrected chi connectivity index (χ1v) is 6.91. The molecule has 0 aromatic carbocycles. The van der Waals surface area contributed by atoms with Crippen molar-refractivity contribution in [2.45, 2.75) is 43.5 Å². The van der Waals surface area contributed by atoms with Gasteiger partial charge in [0.05, 0.1) is 6.54 Å². The standard InChI is InChI=1S/C11H19N3S/c1-15-10-4-2-9(3-5-10)14-8-11-12-6-7-13-11/h6-7,9-10,14H,2-5,8H2,1H3,(H,12,13). The number of aromatic amines is 1. The number of nitrogens with zero attached hydrogens (tertiary/aromatic N) is 1. The average molecular weight is 225 g/mol. The van der Waals surface area contributed by atoms with Gasteiger partial charge in [-0.2, -0.15) is 11.8 Å². The van der Waals surface area contributed by atoms with E-state index in [1.54, 1.807) is 0 Å². The zero-order valence-electron chi connectivity index (χ0n) is 9.20. The quantitative estimate of drug-likeness (QED) is 0.825. The van der Waals surface area contributed by atoms with Crippen LogP contribution in [0, 0.1) is 0 Å². The van der Waals surface area contributed by atoms with Crippen molar-refractivity contribution in [2.24, 2.45) is 0 Å². The lowest BCUT2D eigenvalue weighted by Crippen LogP contribution is -2.33.